The Balaban J connectivity index is 2.21. The maximum absolute atomic E-state index is 6.40. The minimum atomic E-state index is -0.228. The van der Waals surface area contributed by atoms with Crippen LogP contribution in [-0.4, -0.2) is 4.98 Å². The summed E-state index contributed by atoms with van der Waals surface area (Å²) in [5, 5.41) is 1.72. The molecule has 3 nitrogen and oxygen atoms in total. The van der Waals surface area contributed by atoms with Gasteiger partial charge in [0.05, 0.1) is 16.6 Å². The lowest BCUT2D eigenvalue weighted by molar-refractivity contribution is 0.640. The fraction of sp³-hybridized carbons (Fsp3) is 0.0625. The third kappa shape index (κ3) is 2.68. The quantitative estimate of drug-likeness (QED) is 0.542. The fourth-order valence-electron chi connectivity index (χ4n) is 2.45. The Morgan fingerprint density at radius 1 is 1.05 bits per heavy atom. The molecule has 0 saturated heterocycles. The average molecular weight is 363 g/mol. The number of nitrogens with two attached hydrogens (primary N) is 1. The van der Waals surface area contributed by atoms with E-state index in [0.717, 1.165) is 26.5 Å². The summed E-state index contributed by atoms with van der Waals surface area (Å²) < 4.78 is 0.843. The highest BCUT2D eigenvalue weighted by Gasteiger charge is 2.19. The molecule has 1 aromatic heterocycles. The molecule has 106 valence electrons. The molecule has 21 heavy (non-hydrogen) atoms. The maximum atomic E-state index is 6.40. The highest BCUT2D eigenvalue weighted by atomic mass is 79.9. The number of aromatic nitrogens is 1. The lowest BCUT2D eigenvalue weighted by atomic mass is 9.97. The Kier molecular flexibility index (Phi) is 4.22. The fourth-order valence-corrected chi connectivity index (χ4v) is 3.07. The van der Waals surface area contributed by atoms with E-state index in [-0.39, 0.29) is 6.04 Å². The van der Waals surface area contributed by atoms with Gasteiger partial charge in [-0.1, -0.05) is 48.0 Å². The van der Waals surface area contributed by atoms with Gasteiger partial charge in [0.2, 0.25) is 0 Å². The SMILES string of the molecule is NNC(c1cccc(Br)c1Cl)c1cccc2cccnc12. The number of benzene rings is 2. The van der Waals surface area contributed by atoms with Crippen molar-refractivity contribution in [1.82, 2.24) is 10.4 Å². The van der Waals surface area contributed by atoms with Crippen LogP contribution < -0.4 is 11.3 Å². The van der Waals surface area contributed by atoms with E-state index in [2.05, 4.69) is 26.3 Å². The second-order valence-electron chi connectivity index (χ2n) is 4.67. The van der Waals surface area contributed by atoms with E-state index >= 15 is 0 Å². The number of hydrogen-bond donors (Lipinski definition) is 2. The number of pyridine rings is 1. The van der Waals surface area contributed by atoms with Crippen LogP contribution in [-0.2, 0) is 0 Å². The molecule has 0 saturated carbocycles. The van der Waals surface area contributed by atoms with Gasteiger partial charge in [0.15, 0.2) is 0 Å². The minimum Gasteiger partial charge on any atom is -0.271 e. The van der Waals surface area contributed by atoms with Crippen LogP contribution in [0.25, 0.3) is 10.9 Å². The van der Waals surface area contributed by atoms with E-state index in [1.165, 1.54) is 0 Å². The number of nitrogens with zero attached hydrogens (tertiary/aromatic N) is 1. The van der Waals surface area contributed by atoms with E-state index in [1.807, 2.05) is 48.5 Å². The zero-order valence-electron chi connectivity index (χ0n) is 11.1. The van der Waals surface area contributed by atoms with Gasteiger partial charge in [-0.15, -0.1) is 0 Å². The van der Waals surface area contributed by atoms with Crippen LogP contribution >= 0.6 is 27.5 Å². The van der Waals surface area contributed by atoms with Crippen LogP contribution in [0.15, 0.2) is 59.2 Å². The summed E-state index contributed by atoms with van der Waals surface area (Å²) >= 11 is 9.85. The Morgan fingerprint density at radius 3 is 2.57 bits per heavy atom. The van der Waals surface area contributed by atoms with Crippen LogP contribution in [0.2, 0.25) is 5.02 Å². The minimum absolute atomic E-state index is 0.228. The van der Waals surface area contributed by atoms with Gasteiger partial charge >= 0.3 is 0 Å². The number of fused-ring (bicyclic) bond motifs is 1. The Labute approximate surface area is 136 Å². The molecule has 0 aliphatic heterocycles. The average Bonchev–Trinajstić information content (AvgIpc) is 2.52. The van der Waals surface area contributed by atoms with Crippen LogP contribution in [0.3, 0.4) is 0 Å². The molecule has 0 bridgehead atoms. The molecule has 0 aliphatic rings. The zero-order valence-corrected chi connectivity index (χ0v) is 13.4. The lowest BCUT2D eigenvalue weighted by Crippen LogP contribution is -2.29. The van der Waals surface area contributed by atoms with Crippen LogP contribution in [0, 0.1) is 0 Å². The van der Waals surface area contributed by atoms with E-state index in [9.17, 15) is 0 Å². The first-order valence-electron chi connectivity index (χ1n) is 6.46. The molecular weight excluding hydrogens is 350 g/mol. The predicted octanol–water partition coefficient (Wildman–Crippen LogP) is 4.20. The Hall–Kier alpha value is -1.46. The Bertz CT molecular complexity index is 786. The predicted molar refractivity (Wildman–Crippen MR) is 90.1 cm³/mol. The number of para-hydroxylation sites is 1. The largest absolute Gasteiger partial charge is 0.271 e. The summed E-state index contributed by atoms with van der Waals surface area (Å²) in [6.45, 7) is 0. The van der Waals surface area contributed by atoms with Gasteiger partial charge in [-0.2, -0.15) is 0 Å². The smallest absolute Gasteiger partial charge is 0.0753 e. The molecular formula is C16H13BrClN3. The van der Waals surface area contributed by atoms with Crippen molar-refractivity contribution in [2.45, 2.75) is 6.04 Å². The lowest BCUT2D eigenvalue weighted by Gasteiger charge is -2.20. The van der Waals surface area contributed by atoms with Gasteiger partial charge in [0.1, 0.15) is 0 Å². The monoisotopic (exact) mass is 361 g/mol. The second kappa shape index (κ2) is 6.12. The van der Waals surface area contributed by atoms with E-state index in [4.69, 9.17) is 17.4 Å². The molecule has 3 aromatic rings. The normalized spacial score (nSPS) is 12.5. The molecule has 5 heteroatoms. The van der Waals surface area contributed by atoms with E-state index < -0.39 is 0 Å². The van der Waals surface area contributed by atoms with Crippen LogP contribution in [0.1, 0.15) is 17.2 Å². The third-order valence-corrected chi connectivity index (χ3v) is 4.74. The van der Waals surface area contributed by atoms with Crippen molar-refractivity contribution >= 4 is 38.4 Å². The summed E-state index contributed by atoms with van der Waals surface area (Å²) in [6.07, 6.45) is 1.78. The maximum Gasteiger partial charge on any atom is 0.0753 e. The summed E-state index contributed by atoms with van der Waals surface area (Å²) in [4.78, 5) is 4.48. The number of halogens is 2. The van der Waals surface area contributed by atoms with Gasteiger partial charge in [-0.25, -0.2) is 5.43 Å². The first-order chi connectivity index (χ1) is 10.2. The molecule has 0 aliphatic carbocycles. The van der Waals surface area contributed by atoms with Gasteiger partial charge in [-0.3, -0.25) is 10.8 Å². The number of nitrogens with one attached hydrogen (secondary N) is 1. The molecule has 1 unspecified atom stereocenters. The molecule has 0 radical (unpaired) electrons. The van der Waals surface area contributed by atoms with Crippen molar-refractivity contribution in [3.05, 3.63) is 75.4 Å². The van der Waals surface area contributed by atoms with Crippen LogP contribution in [0.4, 0.5) is 0 Å². The first kappa shape index (κ1) is 14.5. The number of rotatable bonds is 3. The Morgan fingerprint density at radius 2 is 1.76 bits per heavy atom. The molecule has 1 atom stereocenters. The molecule has 3 rings (SSSR count). The van der Waals surface area contributed by atoms with Crippen molar-refractivity contribution in [2.75, 3.05) is 0 Å². The highest BCUT2D eigenvalue weighted by molar-refractivity contribution is 9.10. The van der Waals surface area contributed by atoms with Crippen molar-refractivity contribution in [2.24, 2.45) is 5.84 Å². The third-order valence-electron chi connectivity index (χ3n) is 3.43. The van der Waals surface area contributed by atoms with E-state index in [0.29, 0.717) is 5.02 Å². The van der Waals surface area contributed by atoms with Gasteiger partial charge in [-0.05, 0) is 33.6 Å². The molecule has 0 amide bonds. The molecule has 1 heterocycles. The summed E-state index contributed by atoms with van der Waals surface area (Å²) in [5.74, 6) is 5.80. The van der Waals surface area contributed by atoms with Crippen molar-refractivity contribution in [1.29, 1.82) is 0 Å². The second-order valence-corrected chi connectivity index (χ2v) is 5.90. The standard InChI is InChI=1S/C16H13BrClN3/c17-13-8-2-6-11(14(13)18)16(21-19)12-7-1-4-10-5-3-9-20-15(10)12/h1-9,16,21H,19H2. The first-order valence-corrected chi connectivity index (χ1v) is 7.63. The number of hydrazine groups is 1. The topological polar surface area (TPSA) is 50.9 Å². The highest BCUT2D eigenvalue weighted by Crippen LogP contribution is 2.34. The summed E-state index contributed by atoms with van der Waals surface area (Å²) in [5.41, 5.74) is 5.67. The van der Waals surface area contributed by atoms with Crippen molar-refractivity contribution in [3.8, 4) is 0 Å². The molecule has 3 N–H and O–H groups in total. The van der Waals surface area contributed by atoms with Crippen molar-refractivity contribution in [3.63, 3.8) is 0 Å². The van der Waals surface area contributed by atoms with Gasteiger partial charge < -0.3 is 0 Å². The van der Waals surface area contributed by atoms with Gasteiger partial charge in [0, 0.05) is 21.6 Å². The molecule has 0 spiro atoms. The van der Waals surface area contributed by atoms with Crippen LogP contribution in [0.5, 0.6) is 0 Å². The summed E-state index contributed by atoms with van der Waals surface area (Å²) in [6, 6.07) is 15.6. The zero-order chi connectivity index (χ0) is 14.8. The molecule has 0 fully saturated rings. The van der Waals surface area contributed by atoms with Crippen molar-refractivity contribution < 1.29 is 0 Å². The summed E-state index contributed by atoms with van der Waals surface area (Å²) in [7, 11) is 0. The molecule has 2 aromatic carbocycles. The van der Waals surface area contributed by atoms with E-state index in [1.54, 1.807) is 6.20 Å². The number of hydrogen-bond acceptors (Lipinski definition) is 3. The van der Waals surface area contributed by atoms with Gasteiger partial charge in [0.25, 0.3) is 0 Å².